The van der Waals surface area contributed by atoms with Gasteiger partial charge in [0.05, 0.1) is 13.7 Å². The van der Waals surface area contributed by atoms with Crippen LogP contribution in [-0.2, 0) is 0 Å². The molecule has 2 aliphatic carbocycles. The number of halogens is 1. The number of methoxy groups -OCH3 is 1. The number of ether oxygens (including phenoxy) is 2. The van der Waals surface area contributed by atoms with Gasteiger partial charge in [0.1, 0.15) is 17.3 Å². The van der Waals surface area contributed by atoms with E-state index in [1.54, 1.807) is 19.4 Å². The van der Waals surface area contributed by atoms with E-state index in [1.165, 1.54) is 12.8 Å². The van der Waals surface area contributed by atoms with Gasteiger partial charge in [-0.15, -0.1) is 0 Å². The lowest BCUT2D eigenvalue weighted by molar-refractivity contribution is 0.0942. The molecule has 0 bridgehead atoms. The van der Waals surface area contributed by atoms with E-state index in [9.17, 15) is 4.79 Å². The molecule has 2 heterocycles. The number of piperidine rings is 1. The van der Waals surface area contributed by atoms with Gasteiger partial charge in [0.15, 0.2) is 0 Å². The molecule has 1 aliphatic heterocycles. The molecule has 1 spiro atoms. The number of nitrogens with zero attached hydrogens (tertiary/aromatic N) is 3. The van der Waals surface area contributed by atoms with Crippen molar-refractivity contribution in [3.05, 3.63) is 41.3 Å². The fraction of sp³-hybridized carbons (Fsp3) is 0.522. The number of aromatic nitrogens is 2. The summed E-state index contributed by atoms with van der Waals surface area (Å²) in [5.41, 5.74) is 0.771. The maximum atomic E-state index is 13.0. The number of hydrogen-bond acceptors (Lipinski definition) is 6. The Labute approximate surface area is 187 Å². The molecule has 2 saturated carbocycles. The van der Waals surface area contributed by atoms with E-state index in [1.807, 2.05) is 18.2 Å². The first-order chi connectivity index (χ1) is 15.0. The highest BCUT2D eigenvalue weighted by molar-refractivity contribution is 6.28. The van der Waals surface area contributed by atoms with Gasteiger partial charge in [-0.1, -0.05) is 0 Å². The number of benzene rings is 1. The van der Waals surface area contributed by atoms with Crippen LogP contribution in [0, 0.1) is 11.3 Å². The van der Waals surface area contributed by atoms with Gasteiger partial charge in [-0.2, -0.15) is 0 Å². The maximum absolute atomic E-state index is 13.0. The number of nitrogens with one attached hydrogen (secondary N) is 1. The molecule has 3 aliphatic rings. The summed E-state index contributed by atoms with van der Waals surface area (Å²) in [6.45, 7) is 2.50. The zero-order chi connectivity index (χ0) is 21.4. The lowest BCUT2D eigenvalue weighted by Gasteiger charge is -2.33. The lowest BCUT2D eigenvalue weighted by atomic mass is 9.92. The van der Waals surface area contributed by atoms with Crippen LogP contribution in [0.25, 0.3) is 0 Å². The molecule has 5 rings (SSSR count). The lowest BCUT2D eigenvalue weighted by Crippen LogP contribution is -2.39. The summed E-state index contributed by atoms with van der Waals surface area (Å²) in [6, 6.07) is 7.53. The van der Waals surface area contributed by atoms with Gasteiger partial charge >= 0.3 is 0 Å². The van der Waals surface area contributed by atoms with Crippen LogP contribution in [0.4, 0.5) is 5.82 Å². The molecule has 7 nitrogen and oxygen atoms in total. The molecule has 1 atom stereocenters. The normalized spacial score (nSPS) is 21.6. The van der Waals surface area contributed by atoms with Crippen molar-refractivity contribution in [3.8, 4) is 11.5 Å². The van der Waals surface area contributed by atoms with E-state index in [-0.39, 0.29) is 22.6 Å². The fourth-order valence-electron chi connectivity index (χ4n) is 4.43. The molecule has 0 radical (unpaired) electrons. The first-order valence-corrected chi connectivity index (χ1v) is 11.3. The third kappa shape index (κ3) is 4.56. The molecular formula is C23H27ClN4O3. The molecule has 0 unspecified atom stereocenters. The van der Waals surface area contributed by atoms with Crippen molar-refractivity contribution < 1.29 is 14.3 Å². The zero-order valence-electron chi connectivity index (χ0n) is 17.6. The molecule has 2 aromatic rings. The summed E-state index contributed by atoms with van der Waals surface area (Å²) >= 11 is 5.93. The molecule has 8 heteroatoms. The monoisotopic (exact) mass is 442 g/mol. The molecule has 31 heavy (non-hydrogen) atoms. The average molecular weight is 443 g/mol. The van der Waals surface area contributed by atoms with Crippen molar-refractivity contribution in [1.29, 1.82) is 0 Å². The standard InChI is InChI=1S/C23H27ClN4O3/c1-30-17-10-16(11-18(12-17)31-14-15-2-3-15)21(29)26-19-13-23(19)5-8-28(9-6-23)20-4-7-25-22(24)27-20/h4,7,10-12,15,19H,2-3,5-6,8-9,13-14H2,1H3,(H,26,29)/t19-/m1/s1. The van der Waals surface area contributed by atoms with E-state index in [4.69, 9.17) is 21.1 Å². The molecule has 1 aromatic carbocycles. The van der Waals surface area contributed by atoms with Gasteiger partial charge in [0.2, 0.25) is 5.28 Å². The van der Waals surface area contributed by atoms with Crippen LogP contribution in [0.1, 0.15) is 42.5 Å². The molecule has 164 valence electrons. The molecule has 1 N–H and O–H groups in total. The van der Waals surface area contributed by atoms with Gasteiger partial charge in [0, 0.05) is 37.0 Å². The Morgan fingerprint density at radius 2 is 2.03 bits per heavy atom. The third-order valence-corrected chi connectivity index (χ3v) is 6.93. The number of carbonyl (C=O) groups excluding carboxylic acids is 1. The van der Waals surface area contributed by atoms with Crippen molar-refractivity contribution >= 4 is 23.3 Å². The Kier molecular flexibility index (Phi) is 5.38. The predicted molar refractivity (Wildman–Crippen MR) is 118 cm³/mol. The number of rotatable bonds is 7. The van der Waals surface area contributed by atoms with Crippen molar-refractivity contribution in [2.75, 3.05) is 31.7 Å². The Hall–Kier alpha value is -2.54. The minimum atomic E-state index is -0.0675. The van der Waals surface area contributed by atoms with Crippen LogP contribution in [0.2, 0.25) is 5.28 Å². The summed E-state index contributed by atoms with van der Waals surface area (Å²) < 4.78 is 11.2. The SMILES string of the molecule is COc1cc(OCC2CC2)cc(C(=O)N[C@@H]2CC23CCN(c2ccnc(Cl)n2)CC3)c1. The second kappa shape index (κ2) is 8.19. The predicted octanol–water partition coefficient (Wildman–Crippen LogP) is 3.72. The van der Waals surface area contributed by atoms with Crippen LogP contribution in [0.15, 0.2) is 30.5 Å². The van der Waals surface area contributed by atoms with E-state index < -0.39 is 0 Å². The smallest absolute Gasteiger partial charge is 0.251 e. The largest absolute Gasteiger partial charge is 0.497 e. The molecular weight excluding hydrogens is 416 g/mol. The molecule has 1 aromatic heterocycles. The highest BCUT2D eigenvalue weighted by atomic mass is 35.5. The Balaban J connectivity index is 1.19. The van der Waals surface area contributed by atoms with Crippen LogP contribution in [-0.4, -0.2) is 48.7 Å². The van der Waals surface area contributed by atoms with Gasteiger partial charge in [-0.3, -0.25) is 4.79 Å². The van der Waals surface area contributed by atoms with Crippen molar-refractivity contribution in [2.45, 2.75) is 38.1 Å². The van der Waals surface area contributed by atoms with Gasteiger partial charge in [-0.05, 0) is 73.2 Å². The van der Waals surface area contributed by atoms with Crippen molar-refractivity contribution in [1.82, 2.24) is 15.3 Å². The number of amides is 1. The van der Waals surface area contributed by atoms with E-state index in [0.717, 1.165) is 38.2 Å². The summed E-state index contributed by atoms with van der Waals surface area (Å²) in [5, 5.41) is 3.51. The minimum absolute atomic E-state index is 0.0675. The van der Waals surface area contributed by atoms with Crippen LogP contribution < -0.4 is 19.7 Å². The van der Waals surface area contributed by atoms with Crippen molar-refractivity contribution in [2.24, 2.45) is 11.3 Å². The highest BCUT2D eigenvalue weighted by Gasteiger charge is 2.55. The number of anilines is 1. The second-order valence-electron chi connectivity index (χ2n) is 8.92. The minimum Gasteiger partial charge on any atom is -0.497 e. The van der Waals surface area contributed by atoms with Gasteiger partial charge in [0.25, 0.3) is 5.91 Å². The second-order valence-corrected chi connectivity index (χ2v) is 9.25. The highest BCUT2D eigenvalue weighted by Crippen LogP contribution is 2.54. The molecule has 1 amide bonds. The number of hydrogen-bond donors (Lipinski definition) is 1. The quantitative estimate of drug-likeness (QED) is 0.658. The van der Waals surface area contributed by atoms with E-state index in [0.29, 0.717) is 29.6 Å². The Bertz CT molecular complexity index is 973. The molecule has 1 saturated heterocycles. The first-order valence-electron chi connectivity index (χ1n) is 10.9. The van der Waals surface area contributed by atoms with Crippen LogP contribution in [0.5, 0.6) is 11.5 Å². The van der Waals surface area contributed by atoms with Crippen LogP contribution >= 0.6 is 11.6 Å². The average Bonchev–Trinajstić information content (AvgIpc) is 3.71. The maximum Gasteiger partial charge on any atom is 0.251 e. The van der Waals surface area contributed by atoms with E-state index >= 15 is 0 Å². The Morgan fingerprint density at radius 1 is 1.26 bits per heavy atom. The zero-order valence-corrected chi connectivity index (χ0v) is 18.4. The summed E-state index contributed by atoms with van der Waals surface area (Å²) in [4.78, 5) is 23.5. The first kappa shape index (κ1) is 20.4. The van der Waals surface area contributed by atoms with Crippen molar-refractivity contribution in [3.63, 3.8) is 0 Å². The summed E-state index contributed by atoms with van der Waals surface area (Å²) in [7, 11) is 1.61. The Morgan fingerprint density at radius 3 is 2.74 bits per heavy atom. The van der Waals surface area contributed by atoms with Gasteiger partial charge < -0.3 is 19.7 Å². The van der Waals surface area contributed by atoms with E-state index in [2.05, 4.69) is 20.2 Å². The summed E-state index contributed by atoms with van der Waals surface area (Å²) in [6.07, 6.45) is 7.20. The third-order valence-electron chi connectivity index (χ3n) is 6.75. The number of carbonyl (C=O) groups is 1. The topological polar surface area (TPSA) is 76.6 Å². The van der Waals surface area contributed by atoms with Crippen LogP contribution in [0.3, 0.4) is 0 Å². The summed E-state index contributed by atoms with van der Waals surface area (Å²) in [5.74, 6) is 2.78. The molecule has 3 fully saturated rings. The van der Waals surface area contributed by atoms with Gasteiger partial charge in [-0.25, -0.2) is 9.97 Å². The fourth-order valence-corrected chi connectivity index (χ4v) is 4.57.